The Labute approximate surface area is 110 Å². The minimum Gasteiger partial charge on any atom is -0.381 e. The standard InChI is InChI=1S/C12H7F4N3O/c13-6-3-8(15)9(4-7(6)14)19-12(20)5-1-2-18-11(17)10(5)16/h1-4H,(H2,17,18)(H,19,20). The van der Waals surface area contributed by atoms with Crippen LogP contribution in [0.2, 0.25) is 0 Å². The van der Waals surface area contributed by atoms with Gasteiger partial charge in [-0.3, -0.25) is 4.79 Å². The molecule has 0 saturated carbocycles. The van der Waals surface area contributed by atoms with Gasteiger partial charge in [-0.2, -0.15) is 0 Å². The summed E-state index contributed by atoms with van der Waals surface area (Å²) in [6.45, 7) is 0. The fraction of sp³-hybridized carbons (Fsp3) is 0. The Hall–Kier alpha value is -2.64. The van der Waals surface area contributed by atoms with Gasteiger partial charge in [0.05, 0.1) is 11.3 Å². The van der Waals surface area contributed by atoms with Crippen LogP contribution in [0.25, 0.3) is 0 Å². The zero-order valence-electron chi connectivity index (χ0n) is 9.75. The number of amides is 1. The van der Waals surface area contributed by atoms with Crippen LogP contribution in [0.5, 0.6) is 0 Å². The van der Waals surface area contributed by atoms with Crippen LogP contribution < -0.4 is 11.1 Å². The summed E-state index contributed by atoms with van der Waals surface area (Å²) in [7, 11) is 0. The van der Waals surface area contributed by atoms with Gasteiger partial charge in [0.1, 0.15) is 5.82 Å². The largest absolute Gasteiger partial charge is 0.381 e. The van der Waals surface area contributed by atoms with E-state index in [2.05, 4.69) is 4.98 Å². The molecule has 3 N–H and O–H groups in total. The van der Waals surface area contributed by atoms with E-state index in [0.29, 0.717) is 6.07 Å². The predicted molar refractivity (Wildman–Crippen MR) is 62.9 cm³/mol. The Bertz CT molecular complexity index is 691. The molecule has 0 atom stereocenters. The van der Waals surface area contributed by atoms with Crippen molar-refractivity contribution in [1.29, 1.82) is 0 Å². The first kappa shape index (κ1) is 13.8. The highest BCUT2D eigenvalue weighted by molar-refractivity contribution is 6.04. The third-order valence-corrected chi connectivity index (χ3v) is 2.42. The number of aromatic nitrogens is 1. The van der Waals surface area contributed by atoms with Gasteiger partial charge < -0.3 is 11.1 Å². The van der Waals surface area contributed by atoms with Crippen molar-refractivity contribution >= 4 is 17.4 Å². The Morgan fingerprint density at radius 3 is 2.45 bits per heavy atom. The normalized spacial score (nSPS) is 10.4. The molecule has 0 bridgehead atoms. The second kappa shape index (κ2) is 5.16. The molecule has 1 heterocycles. The first-order chi connectivity index (χ1) is 9.40. The van der Waals surface area contributed by atoms with Crippen molar-refractivity contribution in [2.45, 2.75) is 0 Å². The molecule has 2 rings (SSSR count). The smallest absolute Gasteiger partial charge is 0.258 e. The summed E-state index contributed by atoms with van der Waals surface area (Å²) >= 11 is 0. The maximum Gasteiger partial charge on any atom is 0.258 e. The predicted octanol–water partition coefficient (Wildman–Crippen LogP) is 2.47. The number of anilines is 2. The Balaban J connectivity index is 2.33. The van der Waals surface area contributed by atoms with Crippen molar-refractivity contribution in [3.05, 3.63) is 53.2 Å². The van der Waals surface area contributed by atoms with E-state index in [4.69, 9.17) is 5.73 Å². The fourth-order valence-corrected chi connectivity index (χ4v) is 1.44. The number of hydrogen-bond donors (Lipinski definition) is 2. The molecule has 8 heteroatoms. The molecule has 0 fully saturated rings. The average molecular weight is 285 g/mol. The number of halogens is 4. The fourth-order valence-electron chi connectivity index (χ4n) is 1.44. The van der Waals surface area contributed by atoms with Crippen molar-refractivity contribution in [2.75, 3.05) is 11.1 Å². The van der Waals surface area contributed by atoms with E-state index in [1.165, 1.54) is 0 Å². The molecule has 0 unspecified atom stereocenters. The molecular weight excluding hydrogens is 278 g/mol. The van der Waals surface area contributed by atoms with Gasteiger partial charge in [0, 0.05) is 18.3 Å². The third kappa shape index (κ3) is 2.53. The van der Waals surface area contributed by atoms with Crippen molar-refractivity contribution in [3.8, 4) is 0 Å². The van der Waals surface area contributed by atoms with Crippen LogP contribution in [0.3, 0.4) is 0 Å². The number of carbonyl (C=O) groups excluding carboxylic acids is 1. The molecule has 1 amide bonds. The number of nitrogens with zero attached hydrogens (tertiary/aromatic N) is 1. The zero-order valence-corrected chi connectivity index (χ0v) is 9.75. The number of benzene rings is 1. The maximum atomic E-state index is 13.5. The molecule has 0 spiro atoms. The number of pyridine rings is 1. The molecule has 1 aromatic heterocycles. The van der Waals surface area contributed by atoms with Gasteiger partial charge in [-0.25, -0.2) is 22.5 Å². The van der Waals surface area contributed by atoms with Gasteiger partial charge in [-0.15, -0.1) is 0 Å². The third-order valence-electron chi connectivity index (χ3n) is 2.42. The lowest BCUT2D eigenvalue weighted by Gasteiger charge is -2.08. The number of hydrogen-bond acceptors (Lipinski definition) is 3. The zero-order chi connectivity index (χ0) is 14.9. The Morgan fingerprint density at radius 2 is 1.75 bits per heavy atom. The van der Waals surface area contributed by atoms with Crippen LogP contribution in [-0.2, 0) is 0 Å². The summed E-state index contributed by atoms with van der Waals surface area (Å²) in [5, 5.41) is 1.92. The van der Waals surface area contributed by atoms with E-state index < -0.39 is 46.2 Å². The molecule has 0 saturated heterocycles. The second-order valence-electron chi connectivity index (χ2n) is 3.76. The minimum atomic E-state index is -1.40. The lowest BCUT2D eigenvalue weighted by atomic mass is 10.2. The molecule has 4 nitrogen and oxygen atoms in total. The number of carbonyl (C=O) groups is 1. The summed E-state index contributed by atoms with van der Waals surface area (Å²) < 4.78 is 52.5. The number of rotatable bonds is 2. The summed E-state index contributed by atoms with van der Waals surface area (Å²) in [4.78, 5) is 15.1. The highest BCUT2D eigenvalue weighted by Gasteiger charge is 2.17. The molecule has 0 radical (unpaired) electrons. The van der Waals surface area contributed by atoms with E-state index in [1.807, 2.05) is 5.32 Å². The van der Waals surface area contributed by atoms with Gasteiger partial charge >= 0.3 is 0 Å². The van der Waals surface area contributed by atoms with E-state index in [1.54, 1.807) is 0 Å². The average Bonchev–Trinajstić information content (AvgIpc) is 2.39. The molecule has 0 aliphatic rings. The monoisotopic (exact) mass is 285 g/mol. The van der Waals surface area contributed by atoms with E-state index >= 15 is 0 Å². The highest BCUT2D eigenvalue weighted by Crippen LogP contribution is 2.20. The van der Waals surface area contributed by atoms with E-state index in [9.17, 15) is 22.4 Å². The van der Waals surface area contributed by atoms with Crippen LogP contribution >= 0.6 is 0 Å². The first-order valence-electron chi connectivity index (χ1n) is 5.26. The van der Waals surface area contributed by atoms with Crippen molar-refractivity contribution < 1.29 is 22.4 Å². The SMILES string of the molecule is Nc1nccc(C(=O)Nc2cc(F)c(F)cc2F)c1F. The van der Waals surface area contributed by atoms with Crippen molar-refractivity contribution in [2.24, 2.45) is 0 Å². The summed E-state index contributed by atoms with van der Waals surface area (Å²) in [6, 6.07) is 1.73. The molecule has 104 valence electrons. The maximum absolute atomic E-state index is 13.5. The number of nitrogen functional groups attached to an aromatic ring is 1. The summed E-state index contributed by atoms with van der Waals surface area (Å²) in [5.41, 5.74) is 4.06. The Kier molecular flexibility index (Phi) is 3.55. The summed E-state index contributed by atoms with van der Waals surface area (Å²) in [6.07, 6.45) is 1.08. The van der Waals surface area contributed by atoms with E-state index in [0.717, 1.165) is 12.3 Å². The topological polar surface area (TPSA) is 68.0 Å². The second-order valence-corrected chi connectivity index (χ2v) is 3.76. The van der Waals surface area contributed by atoms with Crippen LogP contribution in [0.15, 0.2) is 24.4 Å². The van der Waals surface area contributed by atoms with Gasteiger partial charge in [0.2, 0.25) is 0 Å². The van der Waals surface area contributed by atoms with Gasteiger partial charge in [0.15, 0.2) is 23.3 Å². The lowest BCUT2D eigenvalue weighted by Crippen LogP contribution is -2.16. The number of nitrogens with one attached hydrogen (secondary N) is 1. The Morgan fingerprint density at radius 1 is 1.10 bits per heavy atom. The van der Waals surface area contributed by atoms with Crippen LogP contribution in [0.4, 0.5) is 29.1 Å². The lowest BCUT2D eigenvalue weighted by molar-refractivity contribution is 0.102. The molecule has 20 heavy (non-hydrogen) atoms. The number of nitrogens with two attached hydrogens (primary N) is 1. The summed E-state index contributed by atoms with van der Waals surface area (Å²) in [5.74, 6) is -6.62. The highest BCUT2D eigenvalue weighted by atomic mass is 19.2. The van der Waals surface area contributed by atoms with Gasteiger partial charge in [-0.05, 0) is 6.07 Å². The minimum absolute atomic E-state index is 0.266. The van der Waals surface area contributed by atoms with Gasteiger partial charge in [0.25, 0.3) is 5.91 Å². The van der Waals surface area contributed by atoms with Crippen LogP contribution in [0, 0.1) is 23.3 Å². The van der Waals surface area contributed by atoms with Crippen LogP contribution in [0.1, 0.15) is 10.4 Å². The molecule has 0 aliphatic heterocycles. The molecule has 0 aliphatic carbocycles. The molecule has 2 aromatic rings. The quantitative estimate of drug-likeness (QED) is 0.658. The van der Waals surface area contributed by atoms with E-state index in [-0.39, 0.29) is 6.07 Å². The molecular formula is C12H7F4N3O. The van der Waals surface area contributed by atoms with Gasteiger partial charge in [-0.1, -0.05) is 0 Å². The van der Waals surface area contributed by atoms with Crippen molar-refractivity contribution in [1.82, 2.24) is 4.98 Å². The first-order valence-corrected chi connectivity index (χ1v) is 5.26. The van der Waals surface area contributed by atoms with Crippen molar-refractivity contribution in [3.63, 3.8) is 0 Å². The van der Waals surface area contributed by atoms with Crippen LogP contribution in [-0.4, -0.2) is 10.9 Å². The molecule has 1 aromatic carbocycles.